The van der Waals surface area contributed by atoms with Gasteiger partial charge in [0.25, 0.3) is 10.0 Å². The van der Waals surface area contributed by atoms with E-state index in [1.807, 2.05) is 24.3 Å². The van der Waals surface area contributed by atoms with Crippen LogP contribution in [0.1, 0.15) is 11.1 Å². The van der Waals surface area contributed by atoms with Gasteiger partial charge in [-0.15, -0.1) is 11.3 Å². The normalized spacial score (nSPS) is 16.0. The van der Waals surface area contributed by atoms with Gasteiger partial charge in [0.15, 0.2) is 0 Å². The third-order valence-corrected chi connectivity index (χ3v) is 6.63. The topological polar surface area (TPSA) is 66.8 Å². The number of sulfonamides is 1. The van der Waals surface area contributed by atoms with Crippen LogP contribution in [0, 0.1) is 0 Å². The summed E-state index contributed by atoms with van der Waals surface area (Å²) in [5, 5.41) is 10.7. The Morgan fingerprint density at radius 3 is 2.90 bits per heavy atom. The maximum atomic E-state index is 12.7. The Morgan fingerprint density at radius 1 is 1.33 bits per heavy atom. The lowest BCUT2D eigenvalue weighted by Crippen LogP contribution is -2.32. The van der Waals surface area contributed by atoms with Crippen LogP contribution in [0.5, 0.6) is 5.75 Å². The van der Waals surface area contributed by atoms with Crippen LogP contribution in [-0.2, 0) is 23.2 Å². The van der Waals surface area contributed by atoms with Gasteiger partial charge in [0.2, 0.25) is 0 Å². The number of thiophene rings is 1. The summed E-state index contributed by atoms with van der Waals surface area (Å²) in [7, 11) is -3.56. The zero-order chi connectivity index (χ0) is 14.9. The van der Waals surface area contributed by atoms with Crippen molar-refractivity contribution in [3.63, 3.8) is 0 Å². The minimum absolute atomic E-state index is 0.155. The monoisotopic (exact) mass is 325 g/mol. The van der Waals surface area contributed by atoms with E-state index in [2.05, 4.69) is 0 Å². The zero-order valence-corrected chi connectivity index (χ0v) is 12.9. The summed E-state index contributed by atoms with van der Waals surface area (Å²) in [6.07, 6.45) is 0. The molecule has 1 aliphatic heterocycles. The van der Waals surface area contributed by atoms with Crippen LogP contribution < -0.4 is 4.74 Å². The van der Waals surface area contributed by atoms with E-state index in [-0.39, 0.29) is 10.8 Å². The van der Waals surface area contributed by atoms with Gasteiger partial charge in [0, 0.05) is 18.7 Å². The molecule has 1 aromatic carbocycles. The molecule has 0 saturated heterocycles. The molecule has 0 spiro atoms. The van der Waals surface area contributed by atoms with Crippen molar-refractivity contribution in [3.8, 4) is 5.75 Å². The van der Waals surface area contributed by atoms with Crippen LogP contribution >= 0.6 is 11.3 Å². The summed E-state index contributed by atoms with van der Waals surface area (Å²) in [4.78, 5) is 0. The predicted octanol–water partition coefficient (Wildman–Crippen LogP) is 1.82. The largest absolute Gasteiger partial charge is 0.492 e. The summed E-state index contributed by atoms with van der Waals surface area (Å²) in [5.41, 5.74) is 1.47. The maximum absolute atomic E-state index is 12.7. The number of benzene rings is 1. The number of para-hydroxylation sites is 1. The Balaban J connectivity index is 1.92. The quantitative estimate of drug-likeness (QED) is 0.935. The molecule has 112 valence electrons. The lowest BCUT2D eigenvalue weighted by molar-refractivity contribution is 0.282. The first kappa shape index (κ1) is 14.5. The molecular weight excluding hydrogens is 310 g/mol. The molecule has 1 aliphatic rings. The summed E-state index contributed by atoms with van der Waals surface area (Å²) in [5.74, 6) is 0.734. The smallest absolute Gasteiger partial charge is 0.252 e. The number of nitrogens with zero attached hydrogens (tertiary/aromatic N) is 1. The van der Waals surface area contributed by atoms with Crippen LogP contribution in [0.25, 0.3) is 0 Å². The molecule has 5 nitrogen and oxygen atoms in total. The molecule has 0 fully saturated rings. The first-order valence-corrected chi connectivity index (χ1v) is 8.82. The van der Waals surface area contributed by atoms with Gasteiger partial charge >= 0.3 is 0 Å². The Kier molecular flexibility index (Phi) is 3.99. The van der Waals surface area contributed by atoms with Crippen LogP contribution in [0.3, 0.4) is 0 Å². The van der Waals surface area contributed by atoms with Crippen LogP contribution in [0.15, 0.2) is 39.9 Å². The number of fused-ring (bicyclic) bond motifs is 1. The molecule has 0 aliphatic carbocycles. The molecule has 21 heavy (non-hydrogen) atoms. The molecular formula is C14H15NO4S2. The second-order valence-electron chi connectivity index (χ2n) is 4.73. The number of aliphatic hydroxyl groups excluding tert-OH is 1. The number of ether oxygens (including phenoxy) is 1. The van der Waals surface area contributed by atoms with Gasteiger partial charge in [-0.2, -0.15) is 4.31 Å². The summed E-state index contributed by atoms with van der Waals surface area (Å²) in [6, 6.07) is 8.98. The predicted molar refractivity (Wildman–Crippen MR) is 79.8 cm³/mol. The molecule has 0 unspecified atom stereocenters. The van der Waals surface area contributed by atoms with E-state index < -0.39 is 10.0 Å². The van der Waals surface area contributed by atoms with E-state index in [0.29, 0.717) is 25.3 Å². The van der Waals surface area contributed by atoms with E-state index in [1.54, 1.807) is 5.38 Å². The Labute approximate surface area is 127 Å². The molecule has 0 atom stereocenters. The summed E-state index contributed by atoms with van der Waals surface area (Å²) in [6.45, 7) is 0.778. The van der Waals surface area contributed by atoms with Gasteiger partial charge in [-0.25, -0.2) is 8.42 Å². The average Bonchev–Trinajstić information content (AvgIpc) is 2.87. The van der Waals surface area contributed by atoms with Gasteiger partial charge < -0.3 is 9.84 Å². The number of rotatable bonds is 3. The standard InChI is InChI=1S/C14H15NO4S2/c16-9-11-7-14(20-10-11)21(17,18)15-5-6-19-13-4-2-1-3-12(13)8-15/h1-4,7,10,16H,5-6,8-9H2. The second kappa shape index (κ2) is 5.76. The zero-order valence-electron chi connectivity index (χ0n) is 11.2. The van der Waals surface area contributed by atoms with Gasteiger partial charge in [-0.3, -0.25) is 0 Å². The maximum Gasteiger partial charge on any atom is 0.252 e. The van der Waals surface area contributed by atoms with Gasteiger partial charge in [-0.1, -0.05) is 18.2 Å². The molecule has 7 heteroatoms. The minimum atomic E-state index is -3.56. The Hall–Kier alpha value is -1.41. The SMILES string of the molecule is O=S(=O)(c1cc(CO)cs1)N1CCOc2ccccc2C1. The van der Waals surface area contributed by atoms with Crippen molar-refractivity contribution in [2.75, 3.05) is 13.2 Å². The van der Waals surface area contributed by atoms with Crippen molar-refractivity contribution >= 4 is 21.4 Å². The van der Waals surface area contributed by atoms with Gasteiger partial charge in [0.1, 0.15) is 16.6 Å². The van der Waals surface area contributed by atoms with E-state index in [9.17, 15) is 8.42 Å². The van der Waals surface area contributed by atoms with Crippen LogP contribution in [0.4, 0.5) is 0 Å². The van der Waals surface area contributed by atoms with Gasteiger partial charge in [-0.05, 0) is 23.1 Å². The first-order chi connectivity index (χ1) is 10.1. The number of hydrogen-bond acceptors (Lipinski definition) is 5. The van der Waals surface area contributed by atoms with E-state index in [4.69, 9.17) is 9.84 Å². The molecule has 0 saturated carbocycles. The van der Waals surface area contributed by atoms with Crippen molar-refractivity contribution in [2.24, 2.45) is 0 Å². The summed E-state index contributed by atoms with van der Waals surface area (Å²) < 4.78 is 32.6. The average molecular weight is 325 g/mol. The van der Waals surface area contributed by atoms with Crippen molar-refractivity contribution < 1.29 is 18.3 Å². The molecule has 0 bridgehead atoms. The third kappa shape index (κ3) is 2.82. The number of hydrogen-bond donors (Lipinski definition) is 1. The molecule has 0 radical (unpaired) electrons. The fourth-order valence-corrected chi connectivity index (χ4v) is 4.96. The van der Waals surface area contributed by atoms with Crippen molar-refractivity contribution in [1.29, 1.82) is 0 Å². The Morgan fingerprint density at radius 2 is 2.14 bits per heavy atom. The van der Waals surface area contributed by atoms with Crippen molar-refractivity contribution in [2.45, 2.75) is 17.4 Å². The Bertz CT molecular complexity index is 739. The fourth-order valence-electron chi connectivity index (χ4n) is 2.21. The molecule has 1 aromatic heterocycles. The second-order valence-corrected chi connectivity index (χ2v) is 7.80. The molecule has 2 heterocycles. The highest BCUT2D eigenvalue weighted by atomic mass is 32.2. The lowest BCUT2D eigenvalue weighted by atomic mass is 10.2. The van der Waals surface area contributed by atoms with Crippen LogP contribution in [0.2, 0.25) is 0 Å². The molecule has 3 rings (SSSR count). The molecule has 1 N–H and O–H groups in total. The van der Waals surface area contributed by atoms with Crippen molar-refractivity contribution in [1.82, 2.24) is 4.31 Å². The first-order valence-electron chi connectivity index (χ1n) is 6.50. The molecule has 2 aromatic rings. The highest BCUT2D eigenvalue weighted by Gasteiger charge is 2.28. The summed E-state index contributed by atoms with van der Waals surface area (Å²) >= 11 is 1.13. The van der Waals surface area contributed by atoms with Crippen LogP contribution in [-0.4, -0.2) is 31.0 Å². The van der Waals surface area contributed by atoms with E-state index in [1.165, 1.54) is 10.4 Å². The van der Waals surface area contributed by atoms with Crippen molar-refractivity contribution in [3.05, 3.63) is 46.8 Å². The lowest BCUT2D eigenvalue weighted by Gasteiger charge is -2.18. The minimum Gasteiger partial charge on any atom is -0.492 e. The highest BCUT2D eigenvalue weighted by Crippen LogP contribution is 2.29. The van der Waals surface area contributed by atoms with E-state index in [0.717, 1.165) is 22.6 Å². The number of aliphatic hydroxyl groups is 1. The third-order valence-electron chi connectivity index (χ3n) is 3.32. The van der Waals surface area contributed by atoms with E-state index >= 15 is 0 Å². The highest BCUT2D eigenvalue weighted by molar-refractivity contribution is 7.91. The molecule has 0 amide bonds. The fraction of sp³-hybridized carbons (Fsp3) is 0.286. The van der Waals surface area contributed by atoms with Gasteiger partial charge in [0.05, 0.1) is 6.61 Å².